The maximum atomic E-state index is 11.9. The van der Waals surface area contributed by atoms with E-state index in [4.69, 9.17) is 5.73 Å². The van der Waals surface area contributed by atoms with Gasteiger partial charge >= 0.3 is 5.69 Å². The molecule has 0 aliphatic rings. The van der Waals surface area contributed by atoms with Crippen LogP contribution in [0.15, 0.2) is 33.9 Å². The third-order valence-corrected chi connectivity index (χ3v) is 2.77. The van der Waals surface area contributed by atoms with Crippen LogP contribution in [0.5, 0.6) is 0 Å². The van der Waals surface area contributed by atoms with E-state index in [1.165, 1.54) is 14.1 Å². The first-order chi connectivity index (χ1) is 9.02. The van der Waals surface area contributed by atoms with Gasteiger partial charge in [0.25, 0.3) is 5.56 Å². The molecule has 1 aromatic carbocycles. The van der Waals surface area contributed by atoms with E-state index in [2.05, 4.69) is 10.4 Å². The number of anilines is 2. The molecule has 0 aliphatic carbocycles. The second-order valence-electron chi connectivity index (χ2n) is 4.15. The van der Waals surface area contributed by atoms with Gasteiger partial charge in [-0.1, -0.05) is 12.1 Å². The Bertz CT molecular complexity index is 700. The number of benzene rings is 1. The summed E-state index contributed by atoms with van der Waals surface area (Å²) < 4.78 is 2.11. The summed E-state index contributed by atoms with van der Waals surface area (Å²) in [6.07, 6.45) is 0. The minimum Gasteiger partial charge on any atom is -0.334 e. The van der Waals surface area contributed by atoms with Gasteiger partial charge in [-0.2, -0.15) is 0 Å². The molecule has 0 saturated carbocycles. The lowest BCUT2D eigenvalue weighted by molar-refractivity contribution is 0.607. The molecule has 0 bridgehead atoms. The van der Waals surface area contributed by atoms with Gasteiger partial charge in [0.2, 0.25) is 5.82 Å². The molecular weight excluding hydrogens is 246 g/mol. The molecule has 2 aromatic rings. The summed E-state index contributed by atoms with van der Waals surface area (Å²) in [5.74, 6) is 0.102. The fourth-order valence-electron chi connectivity index (χ4n) is 1.64. The maximum absolute atomic E-state index is 11.9. The average molecular weight is 261 g/mol. The summed E-state index contributed by atoms with van der Waals surface area (Å²) >= 11 is 0. The van der Waals surface area contributed by atoms with Crippen molar-refractivity contribution in [2.24, 2.45) is 19.8 Å². The standard InChI is InChI=1S/C12H15N5O2/c1-16-11(18)10(15-17(2)12(16)19)14-9-5-3-8(7-13)4-6-9/h3-6H,7,13H2,1-2H3,(H,14,15). The summed E-state index contributed by atoms with van der Waals surface area (Å²) in [6.45, 7) is 0.458. The first-order valence-corrected chi connectivity index (χ1v) is 5.73. The van der Waals surface area contributed by atoms with Gasteiger partial charge in [-0.25, -0.2) is 9.48 Å². The van der Waals surface area contributed by atoms with E-state index < -0.39 is 11.2 Å². The SMILES string of the molecule is Cn1nc(Nc2ccc(CN)cc2)c(=O)n(C)c1=O. The van der Waals surface area contributed by atoms with Crippen LogP contribution in [0.25, 0.3) is 0 Å². The first kappa shape index (κ1) is 13.0. The maximum Gasteiger partial charge on any atom is 0.346 e. The summed E-state index contributed by atoms with van der Waals surface area (Å²) in [5.41, 5.74) is 6.28. The van der Waals surface area contributed by atoms with Crippen molar-refractivity contribution in [3.05, 3.63) is 50.7 Å². The van der Waals surface area contributed by atoms with Gasteiger partial charge in [-0.15, -0.1) is 5.10 Å². The zero-order valence-corrected chi connectivity index (χ0v) is 10.8. The fraction of sp³-hybridized carbons (Fsp3) is 0.250. The highest BCUT2D eigenvalue weighted by molar-refractivity contribution is 5.55. The number of nitrogens with one attached hydrogen (secondary N) is 1. The third-order valence-electron chi connectivity index (χ3n) is 2.77. The van der Waals surface area contributed by atoms with E-state index in [-0.39, 0.29) is 5.82 Å². The van der Waals surface area contributed by atoms with Crippen LogP contribution in [0.2, 0.25) is 0 Å². The monoisotopic (exact) mass is 261 g/mol. The summed E-state index contributed by atoms with van der Waals surface area (Å²) in [6, 6.07) is 7.31. The molecule has 0 fully saturated rings. The highest BCUT2D eigenvalue weighted by Crippen LogP contribution is 2.12. The Morgan fingerprint density at radius 2 is 1.84 bits per heavy atom. The van der Waals surface area contributed by atoms with Crippen molar-refractivity contribution >= 4 is 11.5 Å². The fourth-order valence-corrected chi connectivity index (χ4v) is 1.64. The molecule has 19 heavy (non-hydrogen) atoms. The Kier molecular flexibility index (Phi) is 3.48. The number of aromatic nitrogens is 3. The van der Waals surface area contributed by atoms with E-state index in [0.29, 0.717) is 12.2 Å². The van der Waals surface area contributed by atoms with Crippen molar-refractivity contribution in [1.29, 1.82) is 0 Å². The van der Waals surface area contributed by atoms with Gasteiger partial charge in [0, 0.05) is 26.3 Å². The smallest absolute Gasteiger partial charge is 0.334 e. The lowest BCUT2D eigenvalue weighted by Gasteiger charge is -2.08. The number of nitrogens with zero attached hydrogens (tertiary/aromatic N) is 3. The number of aryl methyl sites for hydroxylation is 1. The molecule has 100 valence electrons. The molecular formula is C12H15N5O2. The average Bonchev–Trinajstić information content (AvgIpc) is 2.43. The quantitative estimate of drug-likeness (QED) is 0.789. The molecule has 0 amide bonds. The highest BCUT2D eigenvalue weighted by atomic mass is 16.2. The Balaban J connectivity index is 2.38. The van der Waals surface area contributed by atoms with Crippen molar-refractivity contribution in [1.82, 2.24) is 14.3 Å². The minimum atomic E-state index is -0.467. The van der Waals surface area contributed by atoms with Crippen LogP contribution < -0.4 is 22.3 Å². The summed E-state index contributed by atoms with van der Waals surface area (Å²) in [7, 11) is 2.90. The van der Waals surface area contributed by atoms with Crippen molar-refractivity contribution < 1.29 is 0 Å². The van der Waals surface area contributed by atoms with Crippen LogP contribution in [-0.4, -0.2) is 14.3 Å². The zero-order chi connectivity index (χ0) is 14.0. The second-order valence-corrected chi connectivity index (χ2v) is 4.15. The predicted octanol–water partition coefficient (Wildman–Crippen LogP) is -0.319. The van der Waals surface area contributed by atoms with Crippen molar-refractivity contribution in [2.75, 3.05) is 5.32 Å². The molecule has 7 heteroatoms. The van der Waals surface area contributed by atoms with Gasteiger partial charge in [-0.05, 0) is 17.7 Å². The summed E-state index contributed by atoms with van der Waals surface area (Å²) in [4.78, 5) is 23.4. The van der Waals surface area contributed by atoms with Crippen molar-refractivity contribution in [2.45, 2.75) is 6.54 Å². The Morgan fingerprint density at radius 3 is 2.42 bits per heavy atom. The van der Waals surface area contributed by atoms with Crippen molar-refractivity contribution in [3.8, 4) is 0 Å². The highest BCUT2D eigenvalue weighted by Gasteiger charge is 2.08. The van der Waals surface area contributed by atoms with Crippen LogP contribution in [0, 0.1) is 0 Å². The van der Waals surface area contributed by atoms with Crippen LogP contribution in [-0.2, 0) is 20.6 Å². The first-order valence-electron chi connectivity index (χ1n) is 5.73. The van der Waals surface area contributed by atoms with E-state index in [0.717, 1.165) is 14.8 Å². The molecule has 0 atom stereocenters. The van der Waals surface area contributed by atoms with Gasteiger partial charge < -0.3 is 11.1 Å². The summed E-state index contributed by atoms with van der Waals surface area (Å²) in [5, 5.41) is 6.79. The lowest BCUT2D eigenvalue weighted by atomic mass is 10.2. The van der Waals surface area contributed by atoms with E-state index in [1.54, 1.807) is 12.1 Å². The molecule has 0 aliphatic heterocycles. The Hall–Kier alpha value is -2.41. The molecule has 1 aromatic heterocycles. The number of rotatable bonds is 3. The molecule has 7 nitrogen and oxygen atoms in total. The molecule has 0 spiro atoms. The number of hydrogen-bond acceptors (Lipinski definition) is 5. The van der Waals surface area contributed by atoms with Gasteiger partial charge in [-0.3, -0.25) is 9.36 Å². The van der Waals surface area contributed by atoms with Gasteiger partial charge in [0.15, 0.2) is 0 Å². The van der Waals surface area contributed by atoms with Crippen molar-refractivity contribution in [3.63, 3.8) is 0 Å². The topological polar surface area (TPSA) is 94.9 Å². The molecule has 0 unspecified atom stereocenters. The number of nitrogens with two attached hydrogens (primary N) is 1. The van der Waals surface area contributed by atoms with Crippen LogP contribution >= 0.6 is 0 Å². The van der Waals surface area contributed by atoms with Crippen LogP contribution in [0.1, 0.15) is 5.56 Å². The largest absolute Gasteiger partial charge is 0.346 e. The molecule has 2 rings (SSSR count). The van der Waals surface area contributed by atoms with E-state index in [9.17, 15) is 9.59 Å². The Morgan fingerprint density at radius 1 is 1.21 bits per heavy atom. The minimum absolute atomic E-state index is 0.102. The zero-order valence-electron chi connectivity index (χ0n) is 10.8. The number of hydrogen-bond donors (Lipinski definition) is 2. The van der Waals surface area contributed by atoms with E-state index in [1.807, 2.05) is 12.1 Å². The van der Waals surface area contributed by atoms with Gasteiger partial charge in [0.1, 0.15) is 0 Å². The second kappa shape index (κ2) is 5.07. The molecule has 1 heterocycles. The molecule has 3 N–H and O–H groups in total. The normalized spacial score (nSPS) is 10.5. The third kappa shape index (κ3) is 2.55. The van der Waals surface area contributed by atoms with Gasteiger partial charge in [0.05, 0.1) is 0 Å². The van der Waals surface area contributed by atoms with Crippen LogP contribution in [0.3, 0.4) is 0 Å². The van der Waals surface area contributed by atoms with E-state index >= 15 is 0 Å². The lowest BCUT2D eigenvalue weighted by Crippen LogP contribution is -2.39. The van der Waals surface area contributed by atoms with Crippen LogP contribution in [0.4, 0.5) is 11.5 Å². The predicted molar refractivity (Wildman–Crippen MR) is 72.3 cm³/mol. The Labute approximate surface area is 109 Å². The molecule has 0 saturated heterocycles. The molecule has 0 radical (unpaired) electrons.